The van der Waals surface area contributed by atoms with Gasteiger partial charge in [0.25, 0.3) is 0 Å². The first-order valence-electron chi connectivity index (χ1n) is 5.98. The zero-order valence-corrected chi connectivity index (χ0v) is 10.7. The Morgan fingerprint density at radius 2 is 1.57 bits per heavy atom. The number of nitrogens with zero attached hydrogens (tertiary/aromatic N) is 2. The van der Waals surface area contributed by atoms with Crippen LogP contribution in [0.4, 0.5) is 13.2 Å². The third-order valence-electron chi connectivity index (χ3n) is 2.61. The molecule has 0 spiro atoms. The molecule has 0 radical (unpaired) electrons. The zero-order valence-electron chi connectivity index (χ0n) is 10.7. The van der Waals surface area contributed by atoms with Gasteiger partial charge in [-0.1, -0.05) is 18.2 Å². The number of benzene rings is 2. The molecule has 3 rings (SSSR count). The Morgan fingerprint density at radius 3 is 2.19 bits per heavy atom. The van der Waals surface area contributed by atoms with Crippen molar-refractivity contribution in [3.8, 4) is 5.75 Å². The smallest absolute Gasteiger partial charge is 0.416 e. The van der Waals surface area contributed by atoms with E-state index in [9.17, 15) is 13.2 Å². The third kappa shape index (κ3) is 4.17. The number of halogens is 3. The van der Waals surface area contributed by atoms with Crippen molar-refractivity contribution in [2.45, 2.75) is 6.18 Å². The monoisotopic (exact) mass is 292 g/mol. The van der Waals surface area contributed by atoms with Crippen LogP contribution in [-0.2, 0) is 6.18 Å². The van der Waals surface area contributed by atoms with Crippen molar-refractivity contribution in [2.75, 3.05) is 0 Å². The number of alkyl halides is 3. The van der Waals surface area contributed by atoms with Crippen LogP contribution in [0.3, 0.4) is 0 Å². The molecule has 3 nitrogen and oxygen atoms in total. The zero-order chi connectivity index (χ0) is 15.3. The summed E-state index contributed by atoms with van der Waals surface area (Å²) in [6.45, 7) is 0. The molecule has 0 unspecified atom stereocenters. The van der Waals surface area contributed by atoms with Gasteiger partial charge < -0.3 is 5.11 Å². The molecule has 2 aromatic carbocycles. The van der Waals surface area contributed by atoms with Crippen LogP contribution in [0.15, 0.2) is 61.1 Å². The highest BCUT2D eigenvalue weighted by Gasteiger charge is 2.29. The van der Waals surface area contributed by atoms with E-state index < -0.39 is 11.7 Å². The quantitative estimate of drug-likeness (QED) is 0.680. The van der Waals surface area contributed by atoms with Crippen LogP contribution in [0.5, 0.6) is 5.75 Å². The van der Waals surface area contributed by atoms with Crippen LogP contribution >= 0.6 is 0 Å². The highest BCUT2D eigenvalue weighted by atomic mass is 19.4. The number of rotatable bonds is 0. The van der Waals surface area contributed by atoms with Crippen LogP contribution in [0, 0.1) is 0 Å². The molecule has 0 atom stereocenters. The molecule has 0 bridgehead atoms. The molecule has 3 aromatic rings. The summed E-state index contributed by atoms with van der Waals surface area (Å²) >= 11 is 0. The summed E-state index contributed by atoms with van der Waals surface area (Å²) in [6, 6.07) is 11.6. The minimum atomic E-state index is -4.33. The van der Waals surface area contributed by atoms with Crippen molar-refractivity contribution < 1.29 is 18.3 Å². The van der Waals surface area contributed by atoms with E-state index in [-0.39, 0.29) is 5.75 Å². The van der Waals surface area contributed by atoms with Gasteiger partial charge in [0.1, 0.15) is 12.1 Å². The molecule has 1 aromatic heterocycles. The van der Waals surface area contributed by atoms with Gasteiger partial charge in [0.2, 0.25) is 0 Å². The average molecular weight is 292 g/mol. The summed E-state index contributed by atoms with van der Waals surface area (Å²) in [7, 11) is 0. The van der Waals surface area contributed by atoms with Gasteiger partial charge in [0.05, 0.1) is 11.1 Å². The molecule has 0 amide bonds. The largest absolute Gasteiger partial charge is 0.508 e. The SMILES string of the molecule is Oc1ccc(C(F)(F)F)cc1.c1ccc2ncncc2c1. The number of hydrogen-bond donors (Lipinski definition) is 1. The van der Waals surface area contributed by atoms with Crippen molar-refractivity contribution in [2.24, 2.45) is 0 Å². The first kappa shape index (κ1) is 14.8. The van der Waals surface area contributed by atoms with Crippen LogP contribution in [0.2, 0.25) is 0 Å². The summed E-state index contributed by atoms with van der Waals surface area (Å²) in [5.41, 5.74) is 0.243. The van der Waals surface area contributed by atoms with E-state index in [1.165, 1.54) is 0 Å². The van der Waals surface area contributed by atoms with Crippen molar-refractivity contribution in [1.29, 1.82) is 0 Å². The van der Waals surface area contributed by atoms with Gasteiger partial charge in [-0.25, -0.2) is 9.97 Å². The number of hydrogen-bond acceptors (Lipinski definition) is 3. The van der Waals surface area contributed by atoms with Crippen LogP contribution in [0.1, 0.15) is 5.56 Å². The minimum Gasteiger partial charge on any atom is -0.508 e. The summed E-state index contributed by atoms with van der Waals surface area (Å²) in [4.78, 5) is 7.97. The van der Waals surface area contributed by atoms with Crippen molar-refractivity contribution in [1.82, 2.24) is 9.97 Å². The molecule has 21 heavy (non-hydrogen) atoms. The van der Waals surface area contributed by atoms with Gasteiger partial charge >= 0.3 is 6.18 Å². The lowest BCUT2D eigenvalue weighted by Crippen LogP contribution is -2.03. The van der Waals surface area contributed by atoms with Gasteiger partial charge in [0.15, 0.2) is 0 Å². The average Bonchev–Trinajstić information content (AvgIpc) is 2.47. The van der Waals surface area contributed by atoms with Crippen molar-refractivity contribution in [3.05, 3.63) is 66.6 Å². The highest BCUT2D eigenvalue weighted by molar-refractivity contribution is 5.76. The molecule has 0 fully saturated rings. The Balaban J connectivity index is 0.000000154. The van der Waals surface area contributed by atoms with E-state index >= 15 is 0 Å². The summed E-state index contributed by atoms with van der Waals surface area (Å²) < 4.78 is 35.5. The van der Waals surface area contributed by atoms with Gasteiger partial charge in [-0.3, -0.25) is 0 Å². The lowest BCUT2D eigenvalue weighted by molar-refractivity contribution is -0.137. The molecule has 108 valence electrons. The molecule has 6 heteroatoms. The van der Waals surface area contributed by atoms with E-state index in [2.05, 4.69) is 9.97 Å². The van der Waals surface area contributed by atoms with E-state index in [0.29, 0.717) is 0 Å². The first-order valence-corrected chi connectivity index (χ1v) is 5.98. The van der Waals surface area contributed by atoms with Crippen LogP contribution in [0.25, 0.3) is 10.9 Å². The van der Waals surface area contributed by atoms with E-state index in [0.717, 1.165) is 35.2 Å². The molecule has 0 aliphatic heterocycles. The lowest BCUT2D eigenvalue weighted by Gasteiger charge is -2.04. The maximum Gasteiger partial charge on any atom is 0.416 e. The molecule has 0 aliphatic rings. The van der Waals surface area contributed by atoms with Gasteiger partial charge in [-0.05, 0) is 30.3 Å². The third-order valence-corrected chi connectivity index (χ3v) is 2.61. The Hall–Kier alpha value is -2.63. The molecule has 1 N–H and O–H groups in total. The van der Waals surface area contributed by atoms with E-state index in [1.807, 2.05) is 30.5 Å². The van der Waals surface area contributed by atoms with E-state index in [4.69, 9.17) is 5.11 Å². The summed E-state index contributed by atoms with van der Waals surface area (Å²) in [5, 5.41) is 9.74. The number of para-hydroxylation sites is 1. The first-order chi connectivity index (χ1) is 9.97. The number of aromatic hydroxyl groups is 1. The van der Waals surface area contributed by atoms with Crippen LogP contribution < -0.4 is 0 Å². The number of phenols is 1. The summed E-state index contributed by atoms with van der Waals surface area (Å²) in [6.07, 6.45) is -0.960. The van der Waals surface area contributed by atoms with Crippen LogP contribution in [-0.4, -0.2) is 15.1 Å². The van der Waals surface area contributed by atoms with Gasteiger partial charge in [-0.2, -0.15) is 13.2 Å². The highest BCUT2D eigenvalue weighted by Crippen LogP contribution is 2.29. The predicted molar refractivity (Wildman–Crippen MR) is 72.6 cm³/mol. The number of aromatic nitrogens is 2. The second kappa shape index (κ2) is 6.21. The summed E-state index contributed by atoms with van der Waals surface area (Å²) in [5.74, 6) is -0.169. The minimum absolute atomic E-state index is 0.169. The molecular formula is C15H11F3N2O. The maximum atomic E-state index is 11.8. The predicted octanol–water partition coefficient (Wildman–Crippen LogP) is 4.04. The van der Waals surface area contributed by atoms with Gasteiger partial charge in [0, 0.05) is 11.6 Å². The molecule has 0 saturated carbocycles. The Labute approximate surface area is 118 Å². The lowest BCUT2D eigenvalue weighted by atomic mass is 10.2. The molecule has 0 aliphatic carbocycles. The second-order valence-corrected chi connectivity index (χ2v) is 4.13. The Morgan fingerprint density at radius 1 is 0.905 bits per heavy atom. The van der Waals surface area contributed by atoms with Gasteiger partial charge in [-0.15, -0.1) is 0 Å². The molecular weight excluding hydrogens is 281 g/mol. The normalized spacial score (nSPS) is 10.8. The fraction of sp³-hybridized carbons (Fsp3) is 0.0667. The topological polar surface area (TPSA) is 46.0 Å². The molecule has 1 heterocycles. The Bertz CT molecular complexity index is 646. The van der Waals surface area contributed by atoms with Crippen molar-refractivity contribution >= 4 is 10.9 Å². The standard InChI is InChI=1S/C8H6N2.C7H5F3O/c1-2-4-8-7(3-1)5-9-6-10-8;8-7(9,10)5-1-3-6(11)4-2-5/h1-6H;1-4,11H. The molecule has 0 saturated heterocycles. The van der Waals surface area contributed by atoms with E-state index in [1.54, 1.807) is 6.33 Å². The maximum absolute atomic E-state index is 11.8. The number of phenolic OH excluding ortho intramolecular Hbond substituents is 1. The second-order valence-electron chi connectivity index (χ2n) is 4.13. The van der Waals surface area contributed by atoms with Crippen molar-refractivity contribution in [3.63, 3.8) is 0 Å². The Kier molecular flexibility index (Phi) is 4.37. The fourth-order valence-electron chi connectivity index (χ4n) is 1.57. The number of fused-ring (bicyclic) bond motifs is 1. The fourth-order valence-corrected chi connectivity index (χ4v) is 1.57.